The predicted molar refractivity (Wildman–Crippen MR) is 102 cm³/mol. The highest BCUT2D eigenvalue weighted by Crippen LogP contribution is 2.43. The van der Waals surface area contributed by atoms with Crippen molar-refractivity contribution in [3.8, 4) is 6.07 Å². The molecule has 1 aliphatic rings. The fourth-order valence-electron chi connectivity index (χ4n) is 3.20. The van der Waals surface area contributed by atoms with Crippen LogP contribution in [0.2, 0.25) is 0 Å². The summed E-state index contributed by atoms with van der Waals surface area (Å²) in [7, 11) is 0. The van der Waals surface area contributed by atoms with Gasteiger partial charge in [-0.25, -0.2) is 4.79 Å². The molecule has 1 unspecified atom stereocenters. The molecule has 0 saturated carbocycles. The van der Waals surface area contributed by atoms with E-state index in [4.69, 9.17) is 15.2 Å². The lowest BCUT2D eigenvalue weighted by molar-refractivity contribution is -0.138. The number of benzene rings is 2. The van der Waals surface area contributed by atoms with Gasteiger partial charge in [0.15, 0.2) is 0 Å². The van der Waals surface area contributed by atoms with Crippen molar-refractivity contribution in [3.05, 3.63) is 88.3 Å². The normalized spacial score (nSPS) is 16.6. The summed E-state index contributed by atoms with van der Waals surface area (Å²) in [6.07, 6.45) is 0. The molecule has 5 heteroatoms. The molecule has 0 aromatic heterocycles. The summed E-state index contributed by atoms with van der Waals surface area (Å²) in [6.45, 7) is 3.88. The summed E-state index contributed by atoms with van der Waals surface area (Å²) in [5, 5.41) is 9.73. The first-order valence-corrected chi connectivity index (χ1v) is 8.68. The molecule has 1 atom stereocenters. The maximum Gasteiger partial charge on any atom is 0.338 e. The Balaban J connectivity index is 2.31. The Hall–Kier alpha value is -3.52. The minimum absolute atomic E-state index is 0.00217. The van der Waals surface area contributed by atoms with Crippen LogP contribution in [0.5, 0.6) is 0 Å². The number of carbonyl (C=O) groups excluding carboxylic acids is 1. The number of nitriles is 1. The summed E-state index contributed by atoms with van der Waals surface area (Å²) in [4.78, 5) is 12.9. The highest BCUT2D eigenvalue weighted by Gasteiger charge is 2.38. The first-order chi connectivity index (χ1) is 13.1. The van der Waals surface area contributed by atoms with Crippen LogP contribution in [-0.4, -0.2) is 12.6 Å². The molecule has 1 heterocycles. The van der Waals surface area contributed by atoms with E-state index in [9.17, 15) is 10.1 Å². The van der Waals surface area contributed by atoms with Crippen molar-refractivity contribution in [1.82, 2.24) is 0 Å². The predicted octanol–water partition coefficient (Wildman–Crippen LogP) is 3.78. The van der Waals surface area contributed by atoms with Crippen LogP contribution >= 0.6 is 0 Å². The van der Waals surface area contributed by atoms with Crippen molar-refractivity contribution in [2.24, 2.45) is 5.73 Å². The smallest absolute Gasteiger partial charge is 0.338 e. The Bertz CT molecular complexity index is 969. The molecule has 136 valence electrons. The lowest BCUT2D eigenvalue weighted by Gasteiger charge is -2.29. The average Bonchev–Trinajstić information content (AvgIpc) is 2.68. The van der Waals surface area contributed by atoms with Crippen LogP contribution in [0.1, 0.15) is 29.5 Å². The van der Waals surface area contributed by atoms with Crippen LogP contribution in [0.15, 0.2) is 71.6 Å². The Labute approximate surface area is 158 Å². The van der Waals surface area contributed by atoms with E-state index in [2.05, 4.69) is 6.07 Å². The summed E-state index contributed by atoms with van der Waals surface area (Å²) < 4.78 is 11.1. The van der Waals surface area contributed by atoms with Gasteiger partial charge in [-0.1, -0.05) is 54.6 Å². The molecule has 0 bridgehead atoms. The van der Waals surface area contributed by atoms with Gasteiger partial charge in [0, 0.05) is 5.56 Å². The summed E-state index contributed by atoms with van der Waals surface area (Å²) in [5.41, 5.74) is 9.02. The van der Waals surface area contributed by atoms with Crippen molar-refractivity contribution in [3.63, 3.8) is 0 Å². The SMILES string of the molecule is CCOC(=O)C1=C(c2ccccc2)OC(N)=C(C#N)C1c1ccccc1C. The Morgan fingerprint density at radius 1 is 1.19 bits per heavy atom. The summed E-state index contributed by atoms with van der Waals surface area (Å²) in [6, 6.07) is 18.9. The molecule has 27 heavy (non-hydrogen) atoms. The second-order valence-electron chi connectivity index (χ2n) is 6.11. The lowest BCUT2D eigenvalue weighted by Crippen LogP contribution is -2.26. The third-order valence-electron chi connectivity index (χ3n) is 4.45. The van der Waals surface area contributed by atoms with Gasteiger partial charge in [-0.3, -0.25) is 0 Å². The average molecular weight is 360 g/mol. The number of esters is 1. The van der Waals surface area contributed by atoms with E-state index in [0.717, 1.165) is 11.1 Å². The third-order valence-corrected chi connectivity index (χ3v) is 4.45. The van der Waals surface area contributed by atoms with E-state index in [0.29, 0.717) is 11.3 Å². The fraction of sp³-hybridized carbons (Fsp3) is 0.182. The van der Waals surface area contributed by atoms with Crippen LogP contribution in [-0.2, 0) is 14.3 Å². The number of hydrogen-bond acceptors (Lipinski definition) is 5. The molecule has 0 amide bonds. The van der Waals surface area contributed by atoms with Crippen LogP contribution in [0.25, 0.3) is 5.76 Å². The van der Waals surface area contributed by atoms with Crippen molar-refractivity contribution in [2.75, 3.05) is 6.61 Å². The van der Waals surface area contributed by atoms with Gasteiger partial charge in [0.2, 0.25) is 5.88 Å². The molecule has 0 spiro atoms. The molecule has 0 fully saturated rings. The van der Waals surface area contributed by atoms with E-state index in [1.807, 2.05) is 61.5 Å². The molecular weight excluding hydrogens is 340 g/mol. The van der Waals surface area contributed by atoms with Crippen LogP contribution in [0, 0.1) is 18.3 Å². The first-order valence-electron chi connectivity index (χ1n) is 8.68. The largest absolute Gasteiger partial charge is 0.463 e. The van der Waals surface area contributed by atoms with Gasteiger partial charge in [0.1, 0.15) is 17.4 Å². The molecule has 1 aliphatic heterocycles. The van der Waals surface area contributed by atoms with E-state index >= 15 is 0 Å². The number of nitrogens with two attached hydrogens (primary N) is 1. The number of ether oxygens (including phenoxy) is 2. The van der Waals surface area contributed by atoms with Gasteiger partial charge in [-0.05, 0) is 25.0 Å². The van der Waals surface area contributed by atoms with Crippen molar-refractivity contribution in [1.29, 1.82) is 5.26 Å². The highest BCUT2D eigenvalue weighted by molar-refractivity contribution is 6.00. The van der Waals surface area contributed by atoms with Gasteiger partial charge >= 0.3 is 5.97 Å². The van der Waals surface area contributed by atoms with Crippen LogP contribution in [0.3, 0.4) is 0 Å². The molecule has 0 saturated heterocycles. The monoisotopic (exact) mass is 360 g/mol. The van der Waals surface area contributed by atoms with Crippen molar-refractivity contribution < 1.29 is 14.3 Å². The van der Waals surface area contributed by atoms with E-state index in [1.165, 1.54) is 0 Å². The third kappa shape index (κ3) is 3.42. The molecule has 2 aromatic carbocycles. The van der Waals surface area contributed by atoms with Gasteiger partial charge in [0.25, 0.3) is 0 Å². The number of rotatable bonds is 4. The Morgan fingerprint density at radius 2 is 1.85 bits per heavy atom. The Kier molecular flexibility index (Phi) is 5.28. The van der Waals surface area contributed by atoms with E-state index < -0.39 is 11.9 Å². The van der Waals surface area contributed by atoms with Crippen molar-refractivity contribution in [2.45, 2.75) is 19.8 Å². The topological polar surface area (TPSA) is 85.3 Å². The summed E-state index contributed by atoms with van der Waals surface area (Å²) >= 11 is 0. The number of carbonyl (C=O) groups is 1. The highest BCUT2D eigenvalue weighted by atomic mass is 16.5. The number of allylic oxidation sites excluding steroid dienone is 1. The van der Waals surface area contributed by atoms with Gasteiger partial charge in [0.05, 0.1) is 18.1 Å². The second kappa shape index (κ2) is 7.79. The number of aryl methyl sites for hydroxylation is 1. The zero-order valence-corrected chi connectivity index (χ0v) is 15.2. The quantitative estimate of drug-likeness (QED) is 0.839. The van der Waals surface area contributed by atoms with Gasteiger partial charge < -0.3 is 15.2 Å². The zero-order valence-electron chi connectivity index (χ0n) is 15.2. The first kappa shape index (κ1) is 18.3. The minimum Gasteiger partial charge on any atom is -0.463 e. The lowest BCUT2D eigenvalue weighted by atomic mass is 9.80. The molecule has 3 rings (SSSR count). The standard InChI is InChI=1S/C22H20N2O3/c1-3-26-22(25)19-18(16-12-8-7-9-14(16)2)17(13-23)21(24)27-20(19)15-10-5-4-6-11-15/h4-12,18H,3,24H2,1-2H3. The fourth-order valence-corrected chi connectivity index (χ4v) is 3.20. The maximum atomic E-state index is 12.9. The molecule has 0 radical (unpaired) electrons. The minimum atomic E-state index is -0.654. The van der Waals surface area contributed by atoms with Crippen LogP contribution < -0.4 is 5.73 Å². The van der Waals surface area contributed by atoms with Crippen LogP contribution in [0.4, 0.5) is 0 Å². The molecule has 0 aliphatic carbocycles. The van der Waals surface area contributed by atoms with E-state index in [1.54, 1.807) is 6.92 Å². The Morgan fingerprint density at radius 3 is 2.48 bits per heavy atom. The van der Waals surface area contributed by atoms with Crippen molar-refractivity contribution >= 4 is 11.7 Å². The summed E-state index contributed by atoms with van der Waals surface area (Å²) in [5.74, 6) is -0.861. The molecule has 2 aromatic rings. The molecular formula is C22H20N2O3. The molecule has 2 N–H and O–H groups in total. The van der Waals surface area contributed by atoms with E-state index in [-0.39, 0.29) is 23.6 Å². The van der Waals surface area contributed by atoms with Gasteiger partial charge in [-0.2, -0.15) is 5.26 Å². The molecule has 5 nitrogen and oxygen atoms in total. The zero-order chi connectivity index (χ0) is 19.4. The maximum absolute atomic E-state index is 12.9. The van der Waals surface area contributed by atoms with Gasteiger partial charge in [-0.15, -0.1) is 0 Å². The number of nitrogens with zero attached hydrogens (tertiary/aromatic N) is 1. The second-order valence-corrected chi connectivity index (χ2v) is 6.11. The number of hydrogen-bond donors (Lipinski definition) is 1.